The van der Waals surface area contributed by atoms with Crippen molar-refractivity contribution >= 4 is 11.6 Å². The zero-order valence-electron chi connectivity index (χ0n) is 11.7. The molecule has 4 heteroatoms. The van der Waals surface area contributed by atoms with Crippen LogP contribution in [0, 0.1) is 18.7 Å². The van der Waals surface area contributed by atoms with Gasteiger partial charge in [0.25, 0.3) is 0 Å². The van der Waals surface area contributed by atoms with Gasteiger partial charge in [-0.2, -0.15) is 0 Å². The third kappa shape index (κ3) is 4.16. The predicted molar refractivity (Wildman–Crippen MR) is 78.1 cm³/mol. The van der Waals surface area contributed by atoms with Gasteiger partial charge in [-0.1, -0.05) is 11.6 Å². The van der Waals surface area contributed by atoms with Crippen LogP contribution < -0.4 is 5.32 Å². The van der Waals surface area contributed by atoms with Crippen molar-refractivity contribution in [2.75, 3.05) is 26.7 Å². The van der Waals surface area contributed by atoms with Crippen LogP contribution in [0.5, 0.6) is 0 Å². The normalized spacial score (nSPS) is 19.9. The first-order valence-electron chi connectivity index (χ1n) is 6.90. The molecule has 0 amide bonds. The number of nitrogens with zero attached hydrogens (tertiary/aromatic N) is 1. The quantitative estimate of drug-likeness (QED) is 0.913. The van der Waals surface area contributed by atoms with Crippen LogP contribution in [0.25, 0.3) is 0 Å². The molecule has 1 unspecified atom stereocenters. The van der Waals surface area contributed by atoms with Crippen molar-refractivity contribution in [1.29, 1.82) is 0 Å². The van der Waals surface area contributed by atoms with E-state index in [9.17, 15) is 4.39 Å². The van der Waals surface area contributed by atoms with E-state index in [1.807, 2.05) is 0 Å². The number of rotatable bonds is 4. The molecule has 1 aliphatic heterocycles. The smallest absolute Gasteiger partial charge is 0.126 e. The summed E-state index contributed by atoms with van der Waals surface area (Å²) in [5.41, 5.74) is 1.48. The fraction of sp³-hybridized carbons (Fsp3) is 0.600. The van der Waals surface area contributed by atoms with Crippen LogP contribution in [0.3, 0.4) is 0 Å². The fourth-order valence-corrected chi connectivity index (χ4v) is 2.96. The zero-order valence-corrected chi connectivity index (χ0v) is 12.4. The molecule has 0 radical (unpaired) electrons. The molecule has 0 aromatic heterocycles. The van der Waals surface area contributed by atoms with Gasteiger partial charge >= 0.3 is 0 Å². The van der Waals surface area contributed by atoms with Gasteiger partial charge in [-0.25, -0.2) is 4.39 Å². The van der Waals surface area contributed by atoms with Crippen LogP contribution in [0.15, 0.2) is 12.1 Å². The molecule has 106 valence electrons. The lowest BCUT2D eigenvalue weighted by Gasteiger charge is -2.27. The SMILES string of the molecule is Cc1cc(Cl)c(CN(C)CC2CCCNC2)cc1F. The molecule has 1 aromatic carbocycles. The standard InChI is InChI=1S/C15H22ClFN2/c1-11-6-14(16)13(7-15(11)17)10-19(2)9-12-4-3-5-18-8-12/h6-7,12,18H,3-5,8-10H2,1-2H3. The molecule has 2 nitrogen and oxygen atoms in total. The lowest BCUT2D eigenvalue weighted by Crippen LogP contribution is -2.36. The number of halogens is 2. The predicted octanol–water partition coefficient (Wildman–Crippen LogP) is 3.22. The number of hydrogen-bond acceptors (Lipinski definition) is 2. The molecule has 2 rings (SSSR count). The Bertz CT molecular complexity index is 430. The van der Waals surface area contributed by atoms with Crippen molar-refractivity contribution in [2.45, 2.75) is 26.3 Å². The minimum atomic E-state index is -0.174. The highest BCUT2D eigenvalue weighted by Gasteiger charge is 2.16. The second kappa shape index (κ2) is 6.69. The van der Waals surface area contributed by atoms with Crippen molar-refractivity contribution in [3.8, 4) is 0 Å². The van der Waals surface area contributed by atoms with Gasteiger partial charge in [-0.3, -0.25) is 0 Å². The summed E-state index contributed by atoms with van der Waals surface area (Å²) >= 11 is 6.18. The molecule has 1 fully saturated rings. The summed E-state index contributed by atoms with van der Waals surface area (Å²) in [6.45, 7) is 5.68. The van der Waals surface area contributed by atoms with E-state index in [0.29, 0.717) is 23.0 Å². The number of nitrogens with one attached hydrogen (secondary N) is 1. The second-order valence-corrected chi connectivity index (χ2v) is 6.01. The molecule has 0 aliphatic carbocycles. The van der Waals surface area contributed by atoms with E-state index in [0.717, 1.165) is 25.2 Å². The number of piperidine rings is 1. The lowest BCUT2D eigenvalue weighted by molar-refractivity contribution is 0.237. The van der Waals surface area contributed by atoms with Crippen LogP contribution in [0.1, 0.15) is 24.0 Å². The molecule has 1 atom stereocenters. The van der Waals surface area contributed by atoms with Gasteiger partial charge in [-0.15, -0.1) is 0 Å². The summed E-state index contributed by atoms with van der Waals surface area (Å²) in [6.07, 6.45) is 2.52. The van der Waals surface area contributed by atoms with Crippen LogP contribution in [0.2, 0.25) is 5.02 Å². The fourth-order valence-electron chi connectivity index (χ4n) is 2.68. The Hall–Kier alpha value is -0.640. The maximum atomic E-state index is 13.6. The van der Waals surface area contributed by atoms with Gasteiger partial charge < -0.3 is 10.2 Å². The summed E-state index contributed by atoms with van der Waals surface area (Å²) in [6, 6.07) is 3.27. The molecule has 19 heavy (non-hydrogen) atoms. The summed E-state index contributed by atoms with van der Waals surface area (Å²) < 4.78 is 13.6. The topological polar surface area (TPSA) is 15.3 Å². The van der Waals surface area contributed by atoms with E-state index in [2.05, 4.69) is 17.3 Å². The Morgan fingerprint density at radius 1 is 1.47 bits per heavy atom. The van der Waals surface area contributed by atoms with Crippen molar-refractivity contribution in [3.05, 3.63) is 34.1 Å². The van der Waals surface area contributed by atoms with E-state index in [1.54, 1.807) is 19.1 Å². The monoisotopic (exact) mass is 284 g/mol. The molecule has 0 bridgehead atoms. The Labute approximate surface area is 119 Å². The molecular weight excluding hydrogens is 263 g/mol. The minimum Gasteiger partial charge on any atom is -0.316 e. The summed E-state index contributed by atoms with van der Waals surface area (Å²) in [5, 5.41) is 4.08. The average molecular weight is 285 g/mol. The van der Waals surface area contributed by atoms with E-state index < -0.39 is 0 Å². The van der Waals surface area contributed by atoms with Gasteiger partial charge in [0.1, 0.15) is 5.82 Å². The molecule has 0 saturated carbocycles. The van der Waals surface area contributed by atoms with Crippen LogP contribution in [0.4, 0.5) is 4.39 Å². The largest absolute Gasteiger partial charge is 0.316 e. The van der Waals surface area contributed by atoms with Gasteiger partial charge in [0.2, 0.25) is 0 Å². The minimum absolute atomic E-state index is 0.174. The van der Waals surface area contributed by atoms with Crippen LogP contribution in [-0.4, -0.2) is 31.6 Å². The van der Waals surface area contributed by atoms with Crippen molar-refractivity contribution in [3.63, 3.8) is 0 Å². The van der Waals surface area contributed by atoms with E-state index in [1.165, 1.54) is 12.8 Å². The summed E-state index contributed by atoms with van der Waals surface area (Å²) in [7, 11) is 2.07. The lowest BCUT2D eigenvalue weighted by atomic mass is 9.99. The molecule has 1 aliphatic rings. The number of benzene rings is 1. The summed E-state index contributed by atoms with van der Waals surface area (Å²) in [4.78, 5) is 2.23. The molecule has 1 saturated heterocycles. The average Bonchev–Trinajstić information content (AvgIpc) is 2.37. The third-order valence-electron chi connectivity index (χ3n) is 3.74. The van der Waals surface area contributed by atoms with Crippen LogP contribution in [-0.2, 0) is 6.54 Å². The molecular formula is C15H22ClFN2. The summed E-state index contributed by atoms with van der Waals surface area (Å²) in [5.74, 6) is 0.514. The highest BCUT2D eigenvalue weighted by molar-refractivity contribution is 6.31. The zero-order chi connectivity index (χ0) is 13.8. The highest BCUT2D eigenvalue weighted by atomic mass is 35.5. The van der Waals surface area contributed by atoms with E-state index >= 15 is 0 Å². The molecule has 1 heterocycles. The van der Waals surface area contributed by atoms with E-state index in [4.69, 9.17) is 11.6 Å². The van der Waals surface area contributed by atoms with Crippen LogP contribution >= 0.6 is 11.6 Å². The number of aryl methyl sites for hydroxylation is 1. The van der Waals surface area contributed by atoms with Gasteiger partial charge in [0.15, 0.2) is 0 Å². The Balaban J connectivity index is 1.94. The maximum absolute atomic E-state index is 13.6. The highest BCUT2D eigenvalue weighted by Crippen LogP contribution is 2.22. The molecule has 1 N–H and O–H groups in total. The van der Waals surface area contributed by atoms with E-state index in [-0.39, 0.29) is 5.82 Å². The first-order chi connectivity index (χ1) is 9.06. The first-order valence-corrected chi connectivity index (χ1v) is 7.28. The maximum Gasteiger partial charge on any atom is 0.126 e. The number of hydrogen-bond donors (Lipinski definition) is 1. The third-order valence-corrected chi connectivity index (χ3v) is 4.09. The molecule has 1 aromatic rings. The van der Waals surface area contributed by atoms with Crippen molar-refractivity contribution < 1.29 is 4.39 Å². The second-order valence-electron chi connectivity index (χ2n) is 5.60. The van der Waals surface area contributed by atoms with Crippen molar-refractivity contribution in [1.82, 2.24) is 10.2 Å². The molecule has 0 spiro atoms. The van der Waals surface area contributed by atoms with Gasteiger partial charge in [0.05, 0.1) is 0 Å². The van der Waals surface area contributed by atoms with Gasteiger partial charge in [-0.05, 0) is 69.1 Å². The van der Waals surface area contributed by atoms with Crippen molar-refractivity contribution in [2.24, 2.45) is 5.92 Å². The Morgan fingerprint density at radius 2 is 2.26 bits per heavy atom. The van der Waals surface area contributed by atoms with Gasteiger partial charge in [0, 0.05) is 18.1 Å². The Morgan fingerprint density at radius 3 is 2.95 bits per heavy atom. The first kappa shape index (κ1) is 14.8. The Kier molecular flexibility index (Phi) is 5.20.